The van der Waals surface area contributed by atoms with Crippen LogP contribution in [0.15, 0.2) is 29.2 Å². The van der Waals surface area contributed by atoms with E-state index in [1.807, 2.05) is 33.8 Å². The minimum atomic E-state index is -3.60. The zero-order valence-corrected chi connectivity index (χ0v) is 12.9. The van der Waals surface area contributed by atoms with E-state index in [-0.39, 0.29) is 10.8 Å². The Morgan fingerprint density at radius 3 is 2.20 bits per heavy atom. The van der Waals surface area contributed by atoms with E-state index in [0.29, 0.717) is 5.82 Å². The van der Waals surface area contributed by atoms with E-state index >= 15 is 0 Å². The molecule has 2 rings (SSSR count). The molecule has 1 aromatic carbocycles. The van der Waals surface area contributed by atoms with Gasteiger partial charge in [0.05, 0.1) is 4.90 Å². The molecule has 0 fully saturated rings. The van der Waals surface area contributed by atoms with Gasteiger partial charge < -0.3 is 0 Å². The van der Waals surface area contributed by atoms with E-state index < -0.39 is 10.0 Å². The van der Waals surface area contributed by atoms with E-state index in [4.69, 9.17) is 0 Å². The third-order valence-electron chi connectivity index (χ3n) is 2.96. The lowest BCUT2D eigenvalue weighted by molar-refractivity contribution is 0.601. The smallest absolute Gasteiger partial charge is 0.263 e. The normalized spacial score (nSPS) is 11.8. The molecule has 1 aromatic heterocycles. The number of nitrogens with one attached hydrogen (secondary N) is 2. The van der Waals surface area contributed by atoms with Crippen molar-refractivity contribution < 1.29 is 8.42 Å². The summed E-state index contributed by atoms with van der Waals surface area (Å²) in [5.41, 5.74) is 2.72. The summed E-state index contributed by atoms with van der Waals surface area (Å²) in [6.07, 6.45) is 0. The van der Waals surface area contributed by atoms with Gasteiger partial charge in [-0.25, -0.2) is 8.42 Å². The van der Waals surface area contributed by atoms with Crippen LogP contribution in [0.3, 0.4) is 0 Å². The Morgan fingerprint density at radius 1 is 1.10 bits per heavy atom. The molecule has 1 heterocycles. The summed E-state index contributed by atoms with van der Waals surface area (Å²) < 4.78 is 27.1. The Hall–Kier alpha value is -1.82. The van der Waals surface area contributed by atoms with Crippen LogP contribution >= 0.6 is 0 Å². The highest BCUT2D eigenvalue weighted by molar-refractivity contribution is 7.92. The van der Waals surface area contributed by atoms with Crippen LogP contribution in [0.4, 0.5) is 5.82 Å². The van der Waals surface area contributed by atoms with Crippen LogP contribution in [-0.2, 0) is 10.0 Å². The van der Waals surface area contributed by atoms with E-state index in [9.17, 15) is 8.42 Å². The number of rotatable bonds is 4. The van der Waals surface area contributed by atoms with E-state index in [2.05, 4.69) is 14.9 Å². The molecule has 6 heteroatoms. The molecular formula is C14H19N3O2S. The summed E-state index contributed by atoms with van der Waals surface area (Å²) in [7, 11) is -3.60. The van der Waals surface area contributed by atoms with Gasteiger partial charge in [0.25, 0.3) is 10.0 Å². The predicted octanol–water partition coefficient (Wildman–Crippen LogP) is 2.95. The Labute approximate surface area is 119 Å². The molecule has 0 saturated carbocycles. The van der Waals surface area contributed by atoms with Crippen molar-refractivity contribution in [3.8, 4) is 0 Å². The molecule has 2 N–H and O–H groups in total. The van der Waals surface area contributed by atoms with Crippen molar-refractivity contribution in [1.29, 1.82) is 0 Å². The van der Waals surface area contributed by atoms with Gasteiger partial charge in [0.2, 0.25) is 0 Å². The van der Waals surface area contributed by atoms with Crippen LogP contribution < -0.4 is 4.72 Å². The molecule has 0 bridgehead atoms. The van der Waals surface area contributed by atoms with Crippen LogP contribution in [0.25, 0.3) is 0 Å². The summed E-state index contributed by atoms with van der Waals surface area (Å²) in [6.45, 7) is 7.76. The van der Waals surface area contributed by atoms with Crippen LogP contribution in [0.5, 0.6) is 0 Å². The first-order chi connectivity index (χ1) is 9.28. The first-order valence-electron chi connectivity index (χ1n) is 6.44. The lowest BCUT2D eigenvalue weighted by Crippen LogP contribution is -2.13. The fourth-order valence-electron chi connectivity index (χ4n) is 1.97. The highest BCUT2D eigenvalue weighted by atomic mass is 32.2. The highest BCUT2D eigenvalue weighted by Gasteiger charge is 2.17. The summed E-state index contributed by atoms with van der Waals surface area (Å²) in [6, 6.07) is 6.94. The van der Waals surface area contributed by atoms with Crippen LogP contribution in [0, 0.1) is 13.8 Å². The van der Waals surface area contributed by atoms with Gasteiger partial charge in [0.15, 0.2) is 5.82 Å². The van der Waals surface area contributed by atoms with Gasteiger partial charge in [0.1, 0.15) is 0 Å². The second kappa shape index (κ2) is 5.28. The molecule has 5 nitrogen and oxygen atoms in total. The molecule has 0 spiro atoms. The first-order valence-corrected chi connectivity index (χ1v) is 7.92. The molecule has 0 unspecified atom stereocenters. The Balaban J connectivity index is 2.30. The molecule has 2 aromatic rings. The maximum Gasteiger partial charge on any atom is 0.263 e. The Kier molecular flexibility index (Phi) is 3.85. The third-order valence-corrected chi connectivity index (χ3v) is 4.30. The molecule has 108 valence electrons. The number of H-pyrrole nitrogens is 1. The van der Waals surface area contributed by atoms with Gasteiger partial charge in [-0.3, -0.25) is 9.82 Å². The van der Waals surface area contributed by atoms with Crippen LogP contribution in [0.1, 0.15) is 36.6 Å². The number of benzene rings is 1. The molecule has 20 heavy (non-hydrogen) atoms. The third kappa shape index (κ3) is 3.19. The van der Waals surface area contributed by atoms with Gasteiger partial charge in [-0.1, -0.05) is 19.9 Å². The van der Waals surface area contributed by atoms with Crippen molar-refractivity contribution in [2.45, 2.75) is 38.5 Å². The molecule has 0 radical (unpaired) electrons. The first kappa shape index (κ1) is 14.6. The number of nitrogens with zero attached hydrogens (tertiary/aromatic N) is 1. The number of sulfonamides is 1. The number of aryl methyl sites for hydroxylation is 2. The number of hydrogen-bond donors (Lipinski definition) is 2. The highest BCUT2D eigenvalue weighted by Crippen LogP contribution is 2.20. The van der Waals surface area contributed by atoms with E-state index in [0.717, 1.165) is 16.8 Å². The minimum absolute atomic E-state index is 0.254. The Bertz CT molecular complexity index is 698. The molecule has 0 aliphatic heterocycles. The SMILES string of the molecule is Cc1cc(C)cc(S(=O)(=O)Nc2cc(C(C)C)[nH]n2)c1. The van der Waals surface area contributed by atoms with Crippen molar-refractivity contribution in [2.24, 2.45) is 0 Å². The predicted molar refractivity (Wildman–Crippen MR) is 79.4 cm³/mol. The standard InChI is InChI=1S/C14H19N3O2S/c1-9(2)13-8-14(16-15-13)17-20(18,19)12-6-10(3)5-11(4)7-12/h5-9H,1-4H3,(H2,15,16,17). The average molecular weight is 293 g/mol. The average Bonchev–Trinajstić information content (AvgIpc) is 2.75. The maximum atomic E-state index is 12.3. The van der Waals surface area contributed by atoms with Crippen LogP contribution in [0.2, 0.25) is 0 Å². The van der Waals surface area contributed by atoms with Gasteiger partial charge in [-0.05, 0) is 43.0 Å². The zero-order valence-electron chi connectivity index (χ0n) is 12.1. The van der Waals surface area contributed by atoms with E-state index in [1.54, 1.807) is 18.2 Å². The topological polar surface area (TPSA) is 74.8 Å². The lowest BCUT2D eigenvalue weighted by atomic mass is 10.1. The van der Waals surface area contributed by atoms with Crippen molar-refractivity contribution in [2.75, 3.05) is 4.72 Å². The molecule has 0 saturated heterocycles. The van der Waals surface area contributed by atoms with Crippen molar-refractivity contribution >= 4 is 15.8 Å². The maximum absolute atomic E-state index is 12.3. The van der Waals surface area contributed by atoms with Gasteiger partial charge in [-0.2, -0.15) is 5.10 Å². The largest absolute Gasteiger partial charge is 0.280 e. The lowest BCUT2D eigenvalue weighted by Gasteiger charge is -2.07. The fraction of sp³-hybridized carbons (Fsp3) is 0.357. The second-order valence-corrected chi connectivity index (χ2v) is 6.97. The quantitative estimate of drug-likeness (QED) is 0.910. The molecular weight excluding hydrogens is 274 g/mol. The summed E-state index contributed by atoms with van der Waals surface area (Å²) >= 11 is 0. The van der Waals surface area contributed by atoms with Crippen molar-refractivity contribution in [3.05, 3.63) is 41.1 Å². The monoisotopic (exact) mass is 293 g/mol. The van der Waals surface area contributed by atoms with Gasteiger partial charge in [-0.15, -0.1) is 0 Å². The Morgan fingerprint density at radius 2 is 1.70 bits per heavy atom. The number of hydrogen-bond acceptors (Lipinski definition) is 3. The van der Waals surface area contributed by atoms with Crippen LogP contribution in [-0.4, -0.2) is 18.6 Å². The summed E-state index contributed by atoms with van der Waals surface area (Å²) in [5.74, 6) is 0.579. The molecule has 0 aliphatic rings. The molecule has 0 aliphatic carbocycles. The fourth-order valence-corrected chi connectivity index (χ4v) is 3.15. The number of aromatic nitrogens is 2. The van der Waals surface area contributed by atoms with Crippen molar-refractivity contribution in [1.82, 2.24) is 10.2 Å². The summed E-state index contributed by atoms with van der Waals surface area (Å²) in [4.78, 5) is 0.254. The van der Waals surface area contributed by atoms with Crippen molar-refractivity contribution in [3.63, 3.8) is 0 Å². The number of aromatic amines is 1. The minimum Gasteiger partial charge on any atom is -0.280 e. The molecule has 0 amide bonds. The van der Waals surface area contributed by atoms with Gasteiger partial charge >= 0.3 is 0 Å². The second-order valence-electron chi connectivity index (χ2n) is 5.29. The van der Waals surface area contributed by atoms with E-state index in [1.165, 1.54) is 0 Å². The molecule has 0 atom stereocenters. The number of anilines is 1. The van der Waals surface area contributed by atoms with Gasteiger partial charge in [0, 0.05) is 11.8 Å². The zero-order chi connectivity index (χ0) is 14.9. The summed E-state index contributed by atoms with van der Waals surface area (Å²) in [5, 5.41) is 6.80.